The summed E-state index contributed by atoms with van der Waals surface area (Å²) in [6.07, 6.45) is 5.03. The lowest BCUT2D eigenvalue weighted by Gasteiger charge is -2.37. The number of benzene rings is 1. The van der Waals surface area contributed by atoms with Crippen LogP contribution in [0, 0.1) is 5.92 Å². The molecule has 0 spiro atoms. The minimum Gasteiger partial charge on any atom is -0.336 e. The quantitative estimate of drug-likeness (QED) is 0.747. The van der Waals surface area contributed by atoms with Gasteiger partial charge in [0.05, 0.1) is 5.52 Å². The number of aromatic nitrogens is 3. The number of amides is 1. The van der Waals surface area contributed by atoms with Gasteiger partial charge in [0.2, 0.25) is 0 Å². The Bertz CT molecular complexity index is 1050. The smallest absolute Gasteiger partial charge is 0.274 e. The number of hydrogen-bond donors (Lipinski definition) is 1. The number of rotatable bonds is 3. The van der Waals surface area contributed by atoms with Crippen molar-refractivity contribution in [2.45, 2.75) is 45.2 Å². The highest BCUT2D eigenvalue weighted by molar-refractivity contribution is 5.93. The first-order valence-corrected chi connectivity index (χ1v) is 10.6. The number of hydrogen-bond acceptors (Lipinski definition) is 4. The maximum Gasteiger partial charge on any atom is 0.274 e. The number of fused-ring (bicyclic) bond motifs is 2. The van der Waals surface area contributed by atoms with Crippen molar-refractivity contribution in [3.63, 3.8) is 0 Å². The molecular weight excluding hydrogens is 362 g/mol. The Morgan fingerprint density at radius 3 is 3.00 bits per heavy atom. The molecule has 150 valence electrons. The summed E-state index contributed by atoms with van der Waals surface area (Å²) in [7, 11) is 0. The van der Waals surface area contributed by atoms with Crippen molar-refractivity contribution in [1.82, 2.24) is 19.7 Å². The highest BCUT2D eigenvalue weighted by Gasteiger charge is 2.32. The molecule has 6 heteroatoms. The molecule has 0 saturated carbocycles. The number of piperidine rings is 1. The molecule has 1 fully saturated rings. The van der Waals surface area contributed by atoms with E-state index in [1.165, 1.54) is 11.3 Å². The lowest BCUT2D eigenvalue weighted by Crippen LogP contribution is -2.42. The molecule has 1 aromatic carbocycles. The third-order valence-corrected chi connectivity index (χ3v) is 6.38. The van der Waals surface area contributed by atoms with Crippen LogP contribution in [0.4, 0.5) is 0 Å². The predicted molar refractivity (Wildman–Crippen MR) is 113 cm³/mol. The van der Waals surface area contributed by atoms with Crippen molar-refractivity contribution in [3.8, 4) is 0 Å². The average molecular weight is 390 g/mol. The van der Waals surface area contributed by atoms with E-state index in [-0.39, 0.29) is 11.8 Å². The standard InChI is InChI=1S/C23H27N5O/c1-15-10-17(19-7-6-16(12-24)22-20(19)5-2-8-25-22)14-27(13-15)23(29)21-11-18-4-3-9-28(18)26-21/h2,5-8,11,15,17H,3-4,9-10,12-14,24H2,1H3. The van der Waals surface area contributed by atoms with E-state index in [2.05, 4.69) is 35.2 Å². The summed E-state index contributed by atoms with van der Waals surface area (Å²) in [6, 6.07) is 10.4. The van der Waals surface area contributed by atoms with Crippen LogP contribution in [0.15, 0.2) is 36.5 Å². The Kier molecular flexibility index (Phi) is 4.59. The van der Waals surface area contributed by atoms with Crippen molar-refractivity contribution in [1.29, 1.82) is 0 Å². The van der Waals surface area contributed by atoms with E-state index in [4.69, 9.17) is 5.73 Å². The van der Waals surface area contributed by atoms with Gasteiger partial charge in [-0.15, -0.1) is 0 Å². The number of aryl methyl sites for hydroxylation is 2. The van der Waals surface area contributed by atoms with Crippen LogP contribution < -0.4 is 5.73 Å². The lowest BCUT2D eigenvalue weighted by molar-refractivity contribution is 0.0652. The van der Waals surface area contributed by atoms with Gasteiger partial charge >= 0.3 is 0 Å². The molecule has 2 aliphatic rings. The first kappa shape index (κ1) is 18.3. The Hall–Kier alpha value is -2.73. The number of nitrogens with zero attached hydrogens (tertiary/aromatic N) is 4. The third kappa shape index (κ3) is 3.21. The molecule has 1 saturated heterocycles. The highest BCUT2D eigenvalue weighted by Crippen LogP contribution is 2.35. The molecule has 2 N–H and O–H groups in total. The normalized spacial score (nSPS) is 21.5. The number of carbonyl (C=O) groups is 1. The van der Waals surface area contributed by atoms with Crippen LogP contribution in [0.5, 0.6) is 0 Å². The molecule has 0 bridgehead atoms. The SMILES string of the molecule is CC1CC(c2ccc(CN)c3ncccc23)CN(C(=O)c2cc3n(n2)CCC3)C1. The minimum atomic E-state index is 0.0597. The molecule has 5 rings (SSSR count). The summed E-state index contributed by atoms with van der Waals surface area (Å²) in [6.45, 7) is 5.14. The summed E-state index contributed by atoms with van der Waals surface area (Å²) >= 11 is 0. The van der Waals surface area contributed by atoms with Crippen LogP contribution in [0.3, 0.4) is 0 Å². The zero-order valence-electron chi connectivity index (χ0n) is 16.8. The second-order valence-electron chi connectivity index (χ2n) is 8.51. The van der Waals surface area contributed by atoms with Gasteiger partial charge in [-0.1, -0.05) is 25.1 Å². The maximum atomic E-state index is 13.2. The Balaban J connectivity index is 1.46. The number of likely N-dealkylation sites (tertiary alicyclic amines) is 1. The summed E-state index contributed by atoms with van der Waals surface area (Å²) in [5.74, 6) is 0.785. The average Bonchev–Trinajstić information content (AvgIpc) is 3.34. The van der Waals surface area contributed by atoms with Gasteiger partial charge in [-0.2, -0.15) is 5.10 Å². The molecule has 3 aromatic rings. The van der Waals surface area contributed by atoms with E-state index in [0.29, 0.717) is 18.2 Å². The molecular formula is C23H27N5O. The minimum absolute atomic E-state index is 0.0597. The van der Waals surface area contributed by atoms with Gasteiger partial charge in [-0.3, -0.25) is 14.5 Å². The van der Waals surface area contributed by atoms with E-state index in [0.717, 1.165) is 55.4 Å². The number of pyridine rings is 1. The number of carbonyl (C=O) groups excluding carboxylic acids is 1. The van der Waals surface area contributed by atoms with Crippen molar-refractivity contribution in [2.75, 3.05) is 13.1 Å². The zero-order chi connectivity index (χ0) is 20.0. The van der Waals surface area contributed by atoms with Crippen molar-refractivity contribution >= 4 is 16.8 Å². The lowest BCUT2D eigenvalue weighted by atomic mass is 9.83. The molecule has 2 aliphatic heterocycles. The molecule has 2 unspecified atom stereocenters. The van der Waals surface area contributed by atoms with Crippen LogP contribution in [0.1, 0.15) is 53.0 Å². The Morgan fingerprint density at radius 1 is 1.28 bits per heavy atom. The highest BCUT2D eigenvalue weighted by atomic mass is 16.2. The van der Waals surface area contributed by atoms with E-state index in [1.54, 1.807) is 0 Å². The van der Waals surface area contributed by atoms with Crippen molar-refractivity contribution in [3.05, 3.63) is 59.0 Å². The molecule has 0 radical (unpaired) electrons. The first-order valence-electron chi connectivity index (χ1n) is 10.6. The fourth-order valence-corrected chi connectivity index (χ4v) is 5.04. The van der Waals surface area contributed by atoms with E-state index >= 15 is 0 Å². The zero-order valence-corrected chi connectivity index (χ0v) is 16.8. The van der Waals surface area contributed by atoms with Gasteiger partial charge in [0.1, 0.15) is 0 Å². The summed E-state index contributed by atoms with van der Waals surface area (Å²) in [4.78, 5) is 19.8. The van der Waals surface area contributed by atoms with Gasteiger partial charge in [0.25, 0.3) is 5.91 Å². The van der Waals surface area contributed by atoms with Crippen LogP contribution >= 0.6 is 0 Å². The van der Waals surface area contributed by atoms with E-state index < -0.39 is 0 Å². The Morgan fingerprint density at radius 2 is 2.17 bits per heavy atom. The summed E-state index contributed by atoms with van der Waals surface area (Å²) in [5.41, 5.74) is 11.0. The van der Waals surface area contributed by atoms with Crippen LogP contribution in [0.25, 0.3) is 10.9 Å². The monoisotopic (exact) mass is 389 g/mol. The first-order chi connectivity index (χ1) is 14.1. The second-order valence-corrected chi connectivity index (χ2v) is 8.51. The third-order valence-electron chi connectivity index (χ3n) is 6.38. The fourth-order valence-electron chi connectivity index (χ4n) is 5.04. The van der Waals surface area contributed by atoms with E-state index in [9.17, 15) is 4.79 Å². The molecule has 0 aliphatic carbocycles. The number of nitrogens with two attached hydrogens (primary N) is 1. The van der Waals surface area contributed by atoms with Crippen molar-refractivity contribution < 1.29 is 4.79 Å². The van der Waals surface area contributed by atoms with Gasteiger partial charge in [0, 0.05) is 49.4 Å². The molecule has 2 atom stereocenters. The topological polar surface area (TPSA) is 77.0 Å². The fraction of sp³-hybridized carbons (Fsp3) is 0.435. The molecule has 6 nitrogen and oxygen atoms in total. The van der Waals surface area contributed by atoms with Crippen LogP contribution in [-0.2, 0) is 19.5 Å². The molecule has 1 amide bonds. The largest absolute Gasteiger partial charge is 0.336 e. The molecule has 29 heavy (non-hydrogen) atoms. The van der Waals surface area contributed by atoms with Crippen LogP contribution in [-0.4, -0.2) is 38.7 Å². The summed E-state index contributed by atoms with van der Waals surface area (Å²) < 4.78 is 1.99. The van der Waals surface area contributed by atoms with Gasteiger partial charge in [-0.05, 0) is 48.4 Å². The second kappa shape index (κ2) is 7.26. The predicted octanol–water partition coefficient (Wildman–Crippen LogP) is 3.10. The molecule has 2 aromatic heterocycles. The van der Waals surface area contributed by atoms with Gasteiger partial charge in [0.15, 0.2) is 5.69 Å². The van der Waals surface area contributed by atoms with E-state index in [1.807, 2.05) is 27.9 Å². The maximum absolute atomic E-state index is 13.2. The van der Waals surface area contributed by atoms with Gasteiger partial charge in [-0.25, -0.2) is 0 Å². The molecule has 4 heterocycles. The van der Waals surface area contributed by atoms with Crippen molar-refractivity contribution in [2.24, 2.45) is 11.7 Å². The summed E-state index contributed by atoms with van der Waals surface area (Å²) in [5, 5.41) is 5.72. The Labute approximate surface area is 170 Å². The van der Waals surface area contributed by atoms with Gasteiger partial charge < -0.3 is 10.6 Å². The van der Waals surface area contributed by atoms with Crippen LogP contribution in [0.2, 0.25) is 0 Å².